The molecule has 1 heterocycles. The third kappa shape index (κ3) is 3.25. The van der Waals surface area contributed by atoms with Crippen LogP contribution in [0.15, 0.2) is 35.6 Å². The van der Waals surface area contributed by atoms with E-state index in [2.05, 4.69) is 9.97 Å². The molecule has 2 aromatic rings. The van der Waals surface area contributed by atoms with Gasteiger partial charge in [0.2, 0.25) is 0 Å². The van der Waals surface area contributed by atoms with Crippen molar-refractivity contribution >= 4 is 15.8 Å². The van der Waals surface area contributed by atoms with Gasteiger partial charge in [-0.1, -0.05) is 17.7 Å². The van der Waals surface area contributed by atoms with Gasteiger partial charge in [0.15, 0.2) is 9.84 Å². The number of aromatic nitrogens is 2. The van der Waals surface area contributed by atoms with Crippen LogP contribution in [0.2, 0.25) is 0 Å². The largest absolute Gasteiger partial charge is 0.478 e. The number of aryl methyl sites for hydroxylation is 2. The summed E-state index contributed by atoms with van der Waals surface area (Å²) in [6.07, 6.45) is 2.24. The molecule has 0 unspecified atom stereocenters. The Bertz CT molecular complexity index is 800. The number of hydrogen-bond donors (Lipinski definition) is 1. The Morgan fingerprint density at radius 1 is 1.29 bits per heavy atom. The Balaban J connectivity index is 2.45. The molecule has 7 heteroatoms. The van der Waals surface area contributed by atoms with Crippen molar-refractivity contribution in [3.8, 4) is 0 Å². The van der Waals surface area contributed by atoms with Gasteiger partial charge in [0.25, 0.3) is 0 Å². The molecule has 0 atom stereocenters. The average Bonchev–Trinajstić information content (AvgIpc) is 2.37. The minimum atomic E-state index is -3.67. The summed E-state index contributed by atoms with van der Waals surface area (Å²) in [4.78, 5) is 18.7. The Kier molecular flexibility index (Phi) is 4.04. The first-order chi connectivity index (χ1) is 9.81. The van der Waals surface area contributed by atoms with Crippen molar-refractivity contribution in [2.45, 2.75) is 24.5 Å². The Morgan fingerprint density at radius 2 is 2.00 bits per heavy atom. The quantitative estimate of drug-likeness (QED) is 0.924. The first kappa shape index (κ1) is 15.1. The molecule has 1 aromatic heterocycles. The van der Waals surface area contributed by atoms with Gasteiger partial charge in [-0.2, -0.15) is 0 Å². The highest BCUT2D eigenvalue weighted by atomic mass is 32.2. The average molecular weight is 306 g/mol. The highest BCUT2D eigenvalue weighted by molar-refractivity contribution is 7.90. The number of aromatic carboxylic acids is 1. The maximum atomic E-state index is 12.5. The number of nitrogens with zero attached hydrogens (tertiary/aromatic N) is 2. The van der Waals surface area contributed by atoms with Gasteiger partial charge >= 0.3 is 5.97 Å². The molecule has 0 aliphatic rings. The van der Waals surface area contributed by atoms with E-state index in [-0.39, 0.29) is 16.2 Å². The number of carbonyl (C=O) groups is 1. The van der Waals surface area contributed by atoms with Gasteiger partial charge in [-0.05, 0) is 25.5 Å². The summed E-state index contributed by atoms with van der Waals surface area (Å²) >= 11 is 0. The summed E-state index contributed by atoms with van der Waals surface area (Å²) in [6, 6.07) is 5.00. The van der Waals surface area contributed by atoms with Crippen LogP contribution >= 0.6 is 0 Å². The third-order valence-corrected chi connectivity index (χ3v) is 4.80. The number of carboxylic acids is 1. The number of carboxylic acid groups (broad SMARTS) is 1. The molecule has 1 aromatic carbocycles. The fourth-order valence-corrected chi connectivity index (χ4v) is 3.63. The second-order valence-corrected chi connectivity index (χ2v) is 6.67. The zero-order valence-corrected chi connectivity index (χ0v) is 12.4. The number of benzene rings is 1. The summed E-state index contributed by atoms with van der Waals surface area (Å²) in [7, 11) is -3.67. The van der Waals surface area contributed by atoms with Crippen molar-refractivity contribution in [1.29, 1.82) is 0 Å². The van der Waals surface area contributed by atoms with E-state index in [9.17, 15) is 13.2 Å². The van der Waals surface area contributed by atoms with Gasteiger partial charge in [-0.3, -0.25) is 0 Å². The standard InChI is InChI=1S/C14H14N2O4S/c1-9-3-4-13(10(2)5-9)21(19,20)7-12-11(14(17)18)6-15-8-16-12/h3-6,8H,7H2,1-2H3,(H,17,18). The van der Waals surface area contributed by atoms with Crippen LogP contribution in [0.5, 0.6) is 0 Å². The van der Waals surface area contributed by atoms with Gasteiger partial charge in [0, 0.05) is 6.20 Å². The molecule has 0 fully saturated rings. The summed E-state index contributed by atoms with van der Waals surface area (Å²) < 4.78 is 24.9. The molecule has 110 valence electrons. The molecule has 1 N–H and O–H groups in total. The van der Waals surface area contributed by atoms with Gasteiger partial charge in [-0.25, -0.2) is 23.2 Å². The van der Waals surface area contributed by atoms with Crippen LogP contribution in [-0.4, -0.2) is 29.5 Å². The van der Waals surface area contributed by atoms with Crippen molar-refractivity contribution in [3.05, 3.63) is 53.1 Å². The van der Waals surface area contributed by atoms with E-state index in [1.807, 2.05) is 6.92 Å². The molecule has 0 spiro atoms. The Hall–Kier alpha value is -2.28. The number of rotatable bonds is 4. The maximum Gasteiger partial charge on any atom is 0.339 e. The molecule has 21 heavy (non-hydrogen) atoms. The van der Waals surface area contributed by atoms with Crippen LogP contribution in [0.3, 0.4) is 0 Å². The topological polar surface area (TPSA) is 97.2 Å². The number of hydrogen-bond acceptors (Lipinski definition) is 5. The Morgan fingerprint density at radius 3 is 2.62 bits per heavy atom. The second kappa shape index (κ2) is 5.61. The van der Waals surface area contributed by atoms with E-state index in [0.717, 1.165) is 18.1 Å². The van der Waals surface area contributed by atoms with Crippen LogP contribution in [-0.2, 0) is 15.6 Å². The van der Waals surface area contributed by atoms with E-state index < -0.39 is 21.6 Å². The van der Waals surface area contributed by atoms with E-state index in [0.29, 0.717) is 5.56 Å². The maximum absolute atomic E-state index is 12.5. The lowest BCUT2D eigenvalue weighted by atomic mass is 10.2. The fourth-order valence-electron chi connectivity index (χ4n) is 2.05. The van der Waals surface area contributed by atoms with E-state index in [1.54, 1.807) is 19.1 Å². The van der Waals surface area contributed by atoms with Crippen LogP contribution in [0.25, 0.3) is 0 Å². The summed E-state index contributed by atoms with van der Waals surface area (Å²) in [5.41, 5.74) is 1.36. The zero-order chi connectivity index (χ0) is 15.6. The van der Waals surface area contributed by atoms with Gasteiger partial charge in [0.05, 0.1) is 16.3 Å². The summed E-state index contributed by atoms with van der Waals surface area (Å²) in [5.74, 6) is -1.72. The lowest BCUT2D eigenvalue weighted by molar-refractivity contribution is 0.0695. The summed E-state index contributed by atoms with van der Waals surface area (Å²) in [5, 5.41) is 9.05. The monoisotopic (exact) mass is 306 g/mol. The molecule has 0 saturated heterocycles. The van der Waals surface area contributed by atoms with Crippen molar-refractivity contribution < 1.29 is 18.3 Å². The molecule has 0 aliphatic carbocycles. The highest BCUT2D eigenvalue weighted by Crippen LogP contribution is 2.21. The molecule has 6 nitrogen and oxygen atoms in total. The molecule has 0 bridgehead atoms. The molecule has 0 radical (unpaired) electrons. The van der Waals surface area contributed by atoms with Crippen LogP contribution in [0, 0.1) is 13.8 Å². The lowest BCUT2D eigenvalue weighted by Gasteiger charge is -2.09. The molecule has 2 rings (SSSR count). The van der Waals surface area contributed by atoms with Gasteiger partial charge in [-0.15, -0.1) is 0 Å². The van der Waals surface area contributed by atoms with Crippen LogP contribution in [0.1, 0.15) is 27.2 Å². The molecule has 0 saturated carbocycles. The predicted octanol–water partition coefficient (Wildman–Crippen LogP) is 1.77. The zero-order valence-electron chi connectivity index (χ0n) is 11.6. The third-order valence-electron chi connectivity index (χ3n) is 3.02. The normalized spacial score (nSPS) is 11.3. The van der Waals surface area contributed by atoms with Gasteiger partial charge < -0.3 is 5.11 Å². The van der Waals surface area contributed by atoms with Crippen molar-refractivity contribution in [1.82, 2.24) is 9.97 Å². The van der Waals surface area contributed by atoms with Crippen molar-refractivity contribution in [3.63, 3.8) is 0 Å². The molecular weight excluding hydrogens is 292 g/mol. The number of sulfone groups is 1. The van der Waals surface area contributed by atoms with Crippen LogP contribution < -0.4 is 0 Å². The Labute approximate surface area is 122 Å². The minimum absolute atomic E-state index is 0.0162. The van der Waals surface area contributed by atoms with Crippen LogP contribution in [0.4, 0.5) is 0 Å². The summed E-state index contributed by atoms with van der Waals surface area (Å²) in [6.45, 7) is 3.58. The lowest BCUT2D eigenvalue weighted by Crippen LogP contribution is -2.13. The molecule has 0 aliphatic heterocycles. The first-order valence-corrected chi connectivity index (χ1v) is 7.78. The predicted molar refractivity (Wildman–Crippen MR) is 75.8 cm³/mol. The smallest absolute Gasteiger partial charge is 0.339 e. The fraction of sp³-hybridized carbons (Fsp3) is 0.214. The molecule has 0 amide bonds. The van der Waals surface area contributed by atoms with Crippen molar-refractivity contribution in [2.24, 2.45) is 0 Å². The SMILES string of the molecule is Cc1ccc(S(=O)(=O)Cc2ncncc2C(=O)O)c(C)c1. The second-order valence-electron chi connectivity index (χ2n) is 4.72. The highest BCUT2D eigenvalue weighted by Gasteiger charge is 2.22. The van der Waals surface area contributed by atoms with Crippen molar-refractivity contribution in [2.75, 3.05) is 0 Å². The minimum Gasteiger partial charge on any atom is -0.478 e. The molecular formula is C14H14N2O4S. The van der Waals surface area contributed by atoms with E-state index >= 15 is 0 Å². The van der Waals surface area contributed by atoms with E-state index in [1.165, 1.54) is 6.07 Å². The van der Waals surface area contributed by atoms with E-state index in [4.69, 9.17) is 5.11 Å². The van der Waals surface area contributed by atoms with Gasteiger partial charge in [0.1, 0.15) is 11.9 Å². The first-order valence-electron chi connectivity index (χ1n) is 6.13.